The van der Waals surface area contributed by atoms with Crippen molar-refractivity contribution in [1.29, 1.82) is 0 Å². The van der Waals surface area contributed by atoms with E-state index >= 15 is 0 Å². The predicted octanol–water partition coefficient (Wildman–Crippen LogP) is 2.26. The summed E-state index contributed by atoms with van der Waals surface area (Å²) in [6.45, 7) is 0.0931. The van der Waals surface area contributed by atoms with Gasteiger partial charge in [0, 0.05) is 37.7 Å². The van der Waals surface area contributed by atoms with Gasteiger partial charge in [-0.15, -0.1) is 0 Å². The van der Waals surface area contributed by atoms with E-state index in [4.69, 9.17) is 5.73 Å². The fourth-order valence-electron chi connectivity index (χ4n) is 3.46. The third kappa shape index (κ3) is 5.99. The Morgan fingerprint density at radius 1 is 1.25 bits per heavy atom. The van der Waals surface area contributed by atoms with E-state index in [2.05, 4.69) is 30.8 Å². The van der Waals surface area contributed by atoms with Crippen LogP contribution in [0.5, 0.6) is 0 Å². The quantitative estimate of drug-likeness (QED) is 0.509. The maximum atomic E-state index is 12.5. The maximum absolute atomic E-state index is 12.5. The Hall–Kier alpha value is -3.57. The zero-order valence-corrected chi connectivity index (χ0v) is 17.4. The molecule has 0 saturated carbocycles. The molecule has 2 amide bonds. The number of amides is 2. The van der Waals surface area contributed by atoms with E-state index in [1.165, 1.54) is 0 Å². The SMILES string of the molecule is CNC(=O)C1CCCN(c2ccc(Nc3ncc(C(N)=O)c(NCC(F)(F)F)n3)cc2)C1. The molecule has 9 nitrogen and oxygen atoms in total. The molecule has 172 valence electrons. The van der Waals surface area contributed by atoms with Crippen molar-refractivity contribution < 1.29 is 22.8 Å². The topological polar surface area (TPSA) is 125 Å². The fourth-order valence-corrected chi connectivity index (χ4v) is 3.46. The highest BCUT2D eigenvalue weighted by Gasteiger charge is 2.28. The molecule has 1 aliphatic heterocycles. The Bertz CT molecular complexity index is 967. The number of alkyl halides is 3. The number of nitrogens with two attached hydrogens (primary N) is 1. The van der Waals surface area contributed by atoms with Gasteiger partial charge in [-0.05, 0) is 37.1 Å². The average Bonchev–Trinajstić information content (AvgIpc) is 2.77. The van der Waals surface area contributed by atoms with Crippen molar-refractivity contribution in [2.45, 2.75) is 19.0 Å². The van der Waals surface area contributed by atoms with Gasteiger partial charge in [-0.2, -0.15) is 18.2 Å². The Kier molecular flexibility index (Phi) is 7.01. The second kappa shape index (κ2) is 9.71. The fraction of sp³-hybridized carbons (Fsp3) is 0.400. The van der Waals surface area contributed by atoms with Gasteiger partial charge in [-0.25, -0.2) is 4.98 Å². The standard InChI is InChI=1S/C20H24F3N7O2/c1-25-18(32)12-3-2-8-30(10-12)14-6-4-13(5-7-14)28-19-26-9-15(16(24)31)17(29-19)27-11-20(21,22)23/h4-7,9,12H,2-3,8,10-11H2,1H3,(H2,24,31)(H,25,32)(H2,26,27,28,29). The highest BCUT2D eigenvalue weighted by Crippen LogP contribution is 2.26. The minimum absolute atomic E-state index is 0.00470. The summed E-state index contributed by atoms with van der Waals surface area (Å²) in [7, 11) is 1.63. The Balaban J connectivity index is 1.71. The summed E-state index contributed by atoms with van der Waals surface area (Å²) in [5.74, 6) is -1.28. The number of piperidine rings is 1. The molecule has 1 aromatic carbocycles. The van der Waals surface area contributed by atoms with E-state index in [-0.39, 0.29) is 29.2 Å². The normalized spacial score (nSPS) is 16.4. The smallest absolute Gasteiger partial charge is 0.371 e. The molecule has 3 rings (SSSR count). The summed E-state index contributed by atoms with van der Waals surface area (Å²) >= 11 is 0. The van der Waals surface area contributed by atoms with Crippen LogP contribution < -0.4 is 26.6 Å². The van der Waals surface area contributed by atoms with Gasteiger partial charge in [-0.3, -0.25) is 9.59 Å². The highest BCUT2D eigenvalue weighted by atomic mass is 19.4. The number of benzene rings is 1. The van der Waals surface area contributed by atoms with Crippen LogP contribution in [0.3, 0.4) is 0 Å². The molecule has 1 saturated heterocycles. The van der Waals surface area contributed by atoms with Crippen molar-refractivity contribution in [3.8, 4) is 0 Å². The number of hydrogen-bond donors (Lipinski definition) is 4. The van der Waals surface area contributed by atoms with Gasteiger partial charge in [0.15, 0.2) is 0 Å². The number of anilines is 4. The molecule has 0 spiro atoms. The van der Waals surface area contributed by atoms with Gasteiger partial charge in [-0.1, -0.05) is 0 Å². The molecular formula is C20H24F3N7O2. The third-order valence-corrected chi connectivity index (χ3v) is 5.04. The van der Waals surface area contributed by atoms with Crippen molar-refractivity contribution in [3.05, 3.63) is 36.0 Å². The molecule has 1 aromatic heterocycles. The lowest BCUT2D eigenvalue weighted by atomic mass is 9.96. The zero-order valence-electron chi connectivity index (χ0n) is 17.4. The summed E-state index contributed by atoms with van der Waals surface area (Å²) in [5.41, 5.74) is 6.49. The maximum Gasteiger partial charge on any atom is 0.405 e. The van der Waals surface area contributed by atoms with Crippen molar-refractivity contribution in [2.75, 3.05) is 42.2 Å². The number of primary amides is 1. The van der Waals surface area contributed by atoms with Gasteiger partial charge in [0.05, 0.1) is 11.5 Å². The van der Waals surface area contributed by atoms with E-state index in [9.17, 15) is 22.8 Å². The highest BCUT2D eigenvalue weighted by molar-refractivity contribution is 5.97. The molecule has 2 aromatic rings. The van der Waals surface area contributed by atoms with Crippen molar-refractivity contribution in [1.82, 2.24) is 15.3 Å². The van der Waals surface area contributed by atoms with E-state index < -0.39 is 18.6 Å². The molecular weight excluding hydrogens is 427 g/mol. The van der Waals surface area contributed by atoms with Gasteiger partial charge in [0.2, 0.25) is 11.9 Å². The number of nitrogens with one attached hydrogen (secondary N) is 3. The molecule has 1 aliphatic rings. The molecule has 5 N–H and O–H groups in total. The van der Waals surface area contributed by atoms with Gasteiger partial charge in [0.25, 0.3) is 5.91 Å². The number of halogens is 3. The third-order valence-electron chi connectivity index (χ3n) is 5.04. The zero-order chi connectivity index (χ0) is 23.3. The minimum Gasteiger partial charge on any atom is -0.371 e. The van der Waals surface area contributed by atoms with E-state index in [0.29, 0.717) is 12.2 Å². The van der Waals surface area contributed by atoms with E-state index in [0.717, 1.165) is 31.3 Å². The van der Waals surface area contributed by atoms with Crippen molar-refractivity contribution in [3.63, 3.8) is 0 Å². The largest absolute Gasteiger partial charge is 0.405 e. The van der Waals surface area contributed by atoms with Crippen molar-refractivity contribution in [2.24, 2.45) is 11.7 Å². The number of rotatable bonds is 7. The summed E-state index contributed by atoms with van der Waals surface area (Å²) in [5, 5.41) is 7.66. The first kappa shape index (κ1) is 23.1. The summed E-state index contributed by atoms with van der Waals surface area (Å²) in [6.07, 6.45) is -1.67. The van der Waals surface area contributed by atoms with E-state index in [1.807, 2.05) is 12.1 Å². The van der Waals surface area contributed by atoms with Crippen LogP contribution >= 0.6 is 0 Å². The second-order valence-corrected chi connectivity index (χ2v) is 7.36. The van der Waals surface area contributed by atoms with Gasteiger partial charge >= 0.3 is 6.18 Å². The Morgan fingerprint density at radius 3 is 2.59 bits per heavy atom. The number of nitrogens with zero attached hydrogens (tertiary/aromatic N) is 3. The van der Waals surface area contributed by atoms with Crippen LogP contribution in [0.4, 0.5) is 36.3 Å². The molecule has 0 bridgehead atoms. The van der Waals surface area contributed by atoms with Crippen LogP contribution in [0.1, 0.15) is 23.2 Å². The average molecular weight is 451 g/mol. The molecule has 0 aliphatic carbocycles. The van der Waals surface area contributed by atoms with Crippen LogP contribution in [-0.4, -0.2) is 54.6 Å². The van der Waals surface area contributed by atoms with E-state index in [1.54, 1.807) is 19.2 Å². The van der Waals surface area contributed by atoms with Crippen molar-refractivity contribution >= 4 is 35.0 Å². The number of carbonyl (C=O) groups excluding carboxylic acids is 2. The molecule has 2 heterocycles. The number of carbonyl (C=O) groups is 2. The molecule has 12 heteroatoms. The summed E-state index contributed by atoms with van der Waals surface area (Å²) in [6, 6.07) is 7.28. The van der Waals surface area contributed by atoms with Crippen LogP contribution in [0.2, 0.25) is 0 Å². The molecule has 1 unspecified atom stereocenters. The number of aromatic nitrogens is 2. The molecule has 1 atom stereocenters. The molecule has 0 radical (unpaired) electrons. The molecule has 1 fully saturated rings. The Labute approximate surface area is 182 Å². The molecule has 32 heavy (non-hydrogen) atoms. The predicted molar refractivity (Wildman–Crippen MR) is 114 cm³/mol. The monoisotopic (exact) mass is 451 g/mol. The Morgan fingerprint density at radius 2 is 1.97 bits per heavy atom. The lowest BCUT2D eigenvalue weighted by Gasteiger charge is -2.33. The first-order chi connectivity index (χ1) is 15.2. The van der Waals surface area contributed by atoms with Crippen LogP contribution in [0, 0.1) is 5.92 Å². The van der Waals surface area contributed by atoms with Crippen LogP contribution in [-0.2, 0) is 4.79 Å². The lowest BCUT2D eigenvalue weighted by Crippen LogP contribution is -2.42. The second-order valence-electron chi connectivity index (χ2n) is 7.36. The first-order valence-electron chi connectivity index (χ1n) is 9.97. The minimum atomic E-state index is -4.49. The lowest BCUT2D eigenvalue weighted by molar-refractivity contribution is -0.124. The summed E-state index contributed by atoms with van der Waals surface area (Å²) in [4.78, 5) is 33.4. The summed E-state index contributed by atoms with van der Waals surface area (Å²) < 4.78 is 37.6. The van der Waals surface area contributed by atoms with Crippen LogP contribution in [0.15, 0.2) is 30.5 Å². The van der Waals surface area contributed by atoms with Gasteiger partial charge < -0.3 is 26.6 Å². The van der Waals surface area contributed by atoms with Gasteiger partial charge in [0.1, 0.15) is 12.4 Å². The first-order valence-corrected chi connectivity index (χ1v) is 9.97. The number of hydrogen-bond acceptors (Lipinski definition) is 7. The van der Waals surface area contributed by atoms with Crippen LogP contribution in [0.25, 0.3) is 0 Å².